The van der Waals surface area contributed by atoms with E-state index in [4.69, 9.17) is 0 Å². The normalized spacial score (nSPS) is 36.4. The summed E-state index contributed by atoms with van der Waals surface area (Å²) in [7, 11) is 0. The fourth-order valence-corrected chi connectivity index (χ4v) is 16.1. The monoisotopic (exact) mass is 673 g/mol. The highest BCUT2D eigenvalue weighted by molar-refractivity contribution is 7.26. The summed E-state index contributed by atoms with van der Waals surface area (Å²) in [5.41, 5.74) is 5.66. The average Bonchev–Trinajstić information content (AvgIpc) is 3.73. The highest BCUT2D eigenvalue weighted by Crippen LogP contribution is 2.69. The number of benzene rings is 4. The van der Waals surface area contributed by atoms with Crippen molar-refractivity contribution in [3.05, 3.63) is 90.5 Å². The maximum atomic E-state index is 2.66. The number of rotatable bonds is 2. The van der Waals surface area contributed by atoms with Gasteiger partial charge in [0, 0.05) is 26.2 Å². The van der Waals surface area contributed by atoms with E-state index in [-0.39, 0.29) is 0 Å². The lowest BCUT2D eigenvalue weighted by molar-refractivity contribution is -0.188. The summed E-state index contributed by atoms with van der Waals surface area (Å²) in [6.45, 7) is 0. The van der Waals surface area contributed by atoms with Gasteiger partial charge in [-0.3, -0.25) is 0 Å². The van der Waals surface area contributed by atoms with Gasteiger partial charge in [-0.25, -0.2) is 0 Å². The second kappa shape index (κ2) is 11.2. The molecule has 1 nitrogen and oxygen atoms in total. The van der Waals surface area contributed by atoms with Crippen LogP contribution in [0.5, 0.6) is 0 Å². The van der Waals surface area contributed by atoms with Gasteiger partial charge in [-0.15, -0.1) is 11.3 Å². The van der Waals surface area contributed by atoms with E-state index < -0.39 is 0 Å². The average molecular weight is 674 g/mol. The summed E-state index contributed by atoms with van der Waals surface area (Å²) >= 11 is 1.95. The van der Waals surface area contributed by atoms with Crippen molar-refractivity contribution in [3.63, 3.8) is 0 Å². The van der Waals surface area contributed by atoms with Gasteiger partial charge in [-0.05, 0) is 159 Å². The Hall–Kier alpha value is -3.10. The molecule has 0 radical (unpaired) electrons. The lowest BCUT2D eigenvalue weighted by atomic mass is 9.37. The predicted molar refractivity (Wildman–Crippen MR) is 211 cm³/mol. The highest BCUT2D eigenvalue weighted by atomic mass is 32.1. The van der Waals surface area contributed by atoms with Gasteiger partial charge in [0.05, 0.1) is 21.4 Å². The van der Waals surface area contributed by atoms with Crippen LogP contribution in [0.1, 0.15) is 95.0 Å². The van der Waals surface area contributed by atoms with E-state index in [0.717, 1.165) is 65.1 Å². The van der Waals surface area contributed by atoms with Gasteiger partial charge in [-0.1, -0.05) is 80.3 Å². The molecule has 11 unspecified atom stereocenters. The lowest BCUT2D eigenvalue weighted by Crippen LogP contribution is -2.61. The third-order valence-electron chi connectivity index (χ3n) is 16.4. The Morgan fingerprint density at radius 3 is 1.86 bits per heavy atom. The van der Waals surface area contributed by atoms with Gasteiger partial charge in [0.2, 0.25) is 0 Å². The fraction of sp³-hybridized carbons (Fsp3) is 0.500. The minimum Gasteiger partial charge on any atom is -0.308 e. The first-order chi connectivity index (χ1) is 24.8. The molecule has 50 heavy (non-hydrogen) atoms. The number of aromatic nitrogens is 1. The Morgan fingerprint density at radius 2 is 1.08 bits per heavy atom. The van der Waals surface area contributed by atoms with Crippen molar-refractivity contribution >= 4 is 53.3 Å². The van der Waals surface area contributed by atoms with Crippen LogP contribution in [0.3, 0.4) is 0 Å². The molecule has 4 aromatic carbocycles. The molecule has 6 aliphatic carbocycles. The lowest BCUT2D eigenvalue weighted by Gasteiger charge is -2.67. The van der Waals surface area contributed by atoms with Gasteiger partial charge >= 0.3 is 0 Å². The Labute approximate surface area is 301 Å². The van der Waals surface area contributed by atoms with E-state index in [1.165, 1.54) is 86.2 Å². The number of para-hydroxylation sites is 1. The van der Waals surface area contributed by atoms with Crippen molar-refractivity contribution in [2.75, 3.05) is 0 Å². The summed E-state index contributed by atoms with van der Waals surface area (Å²) in [6, 6.07) is 32.8. The maximum absolute atomic E-state index is 2.66. The van der Waals surface area contributed by atoms with Crippen LogP contribution in [0.25, 0.3) is 47.7 Å². The zero-order valence-electron chi connectivity index (χ0n) is 29.5. The third-order valence-corrected chi connectivity index (χ3v) is 17.6. The molecular formula is C48H51NS. The van der Waals surface area contributed by atoms with E-state index in [1.807, 2.05) is 11.3 Å². The summed E-state index contributed by atoms with van der Waals surface area (Å²) in [6.07, 6.45) is 20.0. The Morgan fingerprint density at radius 1 is 0.460 bits per heavy atom. The predicted octanol–water partition coefficient (Wildman–Crippen LogP) is 13.6. The Bertz CT molecular complexity index is 2270. The van der Waals surface area contributed by atoms with Crippen LogP contribution in [-0.2, 0) is 0 Å². The number of hydrogen-bond donors (Lipinski definition) is 0. The maximum Gasteiger partial charge on any atom is 0.0640 e. The minimum atomic E-state index is 0.719. The molecule has 2 heteroatoms. The van der Waals surface area contributed by atoms with Gasteiger partial charge in [-0.2, -0.15) is 0 Å². The standard InChI is InChI=1S/C48H51NS/c1-2-11-31-30(10-1)35-14-7-16-37-32-24-22-28(26-40(32)38-17-8-15-36(31)47(38)46(35)37)29-23-25-43-41(27-29)33-12-3-5-19-42(33)49(43)44-20-9-18-39-34-13-4-6-21-45(34)50-48(39)44/h3-6,9,12-13,18-21,23,25,27-28,30-32,35-38,40,46-47H,1-2,7-8,10-11,14-17,22,24,26H2. The largest absolute Gasteiger partial charge is 0.308 e. The molecule has 6 fully saturated rings. The number of nitrogens with zero attached hydrogens (tertiary/aromatic N) is 1. The van der Waals surface area contributed by atoms with Crippen molar-refractivity contribution < 1.29 is 0 Å². The minimum absolute atomic E-state index is 0.719. The first-order valence-corrected chi connectivity index (χ1v) is 21.6. The molecule has 0 bridgehead atoms. The van der Waals surface area contributed by atoms with Crippen molar-refractivity contribution in [2.24, 2.45) is 59.2 Å². The summed E-state index contributed by atoms with van der Waals surface area (Å²) in [4.78, 5) is 0. The van der Waals surface area contributed by atoms with Gasteiger partial charge in [0.15, 0.2) is 0 Å². The van der Waals surface area contributed by atoms with E-state index in [9.17, 15) is 0 Å². The molecule has 11 atom stereocenters. The molecule has 0 saturated heterocycles. The number of fused-ring (bicyclic) bond motifs is 12. The second-order valence-corrected chi connectivity index (χ2v) is 19.1. The van der Waals surface area contributed by atoms with Crippen LogP contribution in [0.4, 0.5) is 0 Å². The van der Waals surface area contributed by atoms with Crippen LogP contribution in [-0.4, -0.2) is 4.57 Å². The number of thiophene rings is 1. The molecule has 6 aromatic rings. The topological polar surface area (TPSA) is 4.93 Å². The zero-order valence-corrected chi connectivity index (χ0v) is 30.3. The Balaban J connectivity index is 0.935. The molecule has 6 saturated carbocycles. The van der Waals surface area contributed by atoms with Gasteiger partial charge < -0.3 is 4.57 Å². The molecule has 0 amide bonds. The molecule has 6 aliphatic rings. The van der Waals surface area contributed by atoms with Crippen LogP contribution in [0.2, 0.25) is 0 Å². The van der Waals surface area contributed by atoms with Crippen molar-refractivity contribution in [1.82, 2.24) is 4.57 Å². The first kappa shape index (κ1) is 29.5. The van der Waals surface area contributed by atoms with E-state index in [0.29, 0.717) is 0 Å². The number of hydrogen-bond acceptors (Lipinski definition) is 1. The summed E-state index contributed by atoms with van der Waals surface area (Å²) < 4.78 is 5.35. The highest BCUT2D eigenvalue weighted by Gasteiger charge is 2.62. The van der Waals surface area contributed by atoms with E-state index in [2.05, 4.69) is 89.5 Å². The molecule has 0 N–H and O–H groups in total. The smallest absolute Gasteiger partial charge is 0.0640 e. The van der Waals surface area contributed by atoms with Crippen LogP contribution >= 0.6 is 11.3 Å². The fourth-order valence-electron chi connectivity index (χ4n) is 14.9. The van der Waals surface area contributed by atoms with Gasteiger partial charge in [0.25, 0.3) is 0 Å². The zero-order chi connectivity index (χ0) is 32.5. The molecule has 0 spiro atoms. The Kier molecular flexibility index (Phi) is 6.60. The SMILES string of the molecule is c1ccc2c(c1)sc1c(-n3c4ccccc4c4cc(C5CCC6C(C5)C5CCCC7C8CCCCC8C8CCCC6C8C75)ccc43)cccc12. The summed E-state index contributed by atoms with van der Waals surface area (Å²) in [5, 5.41) is 5.61. The molecular weight excluding hydrogens is 623 g/mol. The molecule has 254 valence electrons. The first-order valence-electron chi connectivity index (χ1n) is 20.8. The van der Waals surface area contributed by atoms with Crippen LogP contribution in [0.15, 0.2) is 84.9 Å². The van der Waals surface area contributed by atoms with Crippen LogP contribution < -0.4 is 0 Å². The molecule has 0 aliphatic heterocycles. The van der Waals surface area contributed by atoms with E-state index in [1.54, 1.807) is 50.5 Å². The van der Waals surface area contributed by atoms with Crippen molar-refractivity contribution in [2.45, 2.75) is 89.4 Å². The quantitative estimate of drug-likeness (QED) is 0.172. The second-order valence-electron chi connectivity index (χ2n) is 18.0. The van der Waals surface area contributed by atoms with Gasteiger partial charge in [0.1, 0.15) is 0 Å². The molecule has 2 aromatic heterocycles. The summed E-state index contributed by atoms with van der Waals surface area (Å²) in [5.74, 6) is 11.3. The molecule has 2 heterocycles. The van der Waals surface area contributed by atoms with Crippen molar-refractivity contribution in [1.29, 1.82) is 0 Å². The molecule has 12 rings (SSSR count). The van der Waals surface area contributed by atoms with Crippen LogP contribution in [0, 0.1) is 59.2 Å². The van der Waals surface area contributed by atoms with E-state index >= 15 is 0 Å². The third kappa shape index (κ3) is 4.07. The van der Waals surface area contributed by atoms with Crippen molar-refractivity contribution in [3.8, 4) is 5.69 Å².